The second-order valence-electron chi connectivity index (χ2n) is 6.48. The second kappa shape index (κ2) is 8.44. The van der Waals surface area contributed by atoms with Crippen LogP contribution < -0.4 is 10.2 Å². The van der Waals surface area contributed by atoms with E-state index in [2.05, 4.69) is 46.4 Å². The van der Waals surface area contributed by atoms with Crippen molar-refractivity contribution >= 4 is 17.3 Å². The fourth-order valence-corrected chi connectivity index (χ4v) is 2.92. The van der Waals surface area contributed by atoms with Crippen LogP contribution in [0, 0.1) is 0 Å². The third-order valence-corrected chi connectivity index (χ3v) is 4.22. The van der Waals surface area contributed by atoms with Crippen LogP contribution >= 0.6 is 0 Å². The Kier molecular flexibility index (Phi) is 5.80. The van der Waals surface area contributed by atoms with Gasteiger partial charge in [0.15, 0.2) is 0 Å². The first-order valence-electron chi connectivity index (χ1n) is 9.06. The molecule has 0 spiro atoms. The molecule has 2 aromatic carbocycles. The standard InChI is InChI=1S/C20H24N6O/c1-4-25(15(2)3)18-12-10-17(11-13-18)21-19(27)14-26-23-20(22-24-26)16-8-6-5-7-9-16/h5-13,15H,4,14H2,1-3H3,(H,21,27). The van der Waals surface area contributed by atoms with E-state index in [1.165, 1.54) is 4.80 Å². The highest BCUT2D eigenvalue weighted by atomic mass is 16.2. The van der Waals surface area contributed by atoms with Crippen molar-refractivity contribution in [1.82, 2.24) is 20.2 Å². The Labute approximate surface area is 159 Å². The number of aromatic nitrogens is 4. The highest BCUT2D eigenvalue weighted by molar-refractivity contribution is 5.90. The molecule has 7 nitrogen and oxygen atoms in total. The number of carbonyl (C=O) groups is 1. The van der Waals surface area contributed by atoms with Gasteiger partial charge in [0.05, 0.1) is 0 Å². The predicted molar refractivity (Wildman–Crippen MR) is 106 cm³/mol. The number of tetrazole rings is 1. The van der Waals surface area contributed by atoms with Crippen LogP contribution in [0.15, 0.2) is 54.6 Å². The number of nitrogens with one attached hydrogen (secondary N) is 1. The zero-order chi connectivity index (χ0) is 19.2. The fraction of sp³-hybridized carbons (Fsp3) is 0.300. The summed E-state index contributed by atoms with van der Waals surface area (Å²) in [5.74, 6) is 0.303. The third-order valence-electron chi connectivity index (χ3n) is 4.22. The number of hydrogen-bond donors (Lipinski definition) is 1. The highest BCUT2D eigenvalue weighted by Crippen LogP contribution is 2.20. The minimum atomic E-state index is -0.198. The van der Waals surface area contributed by atoms with E-state index in [4.69, 9.17) is 0 Å². The normalized spacial score (nSPS) is 10.8. The molecule has 3 aromatic rings. The molecule has 140 valence electrons. The zero-order valence-corrected chi connectivity index (χ0v) is 15.8. The van der Waals surface area contributed by atoms with E-state index in [0.717, 1.165) is 23.5 Å². The van der Waals surface area contributed by atoms with Crippen molar-refractivity contribution in [2.45, 2.75) is 33.4 Å². The van der Waals surface area contributed by atoms with E-state index < -0.39 is 0 Å². The van der Waals surface area contributed by atoms with Gasteiger partial charge in [0, 0.05) is 29.5 Å². The molecule has 0 saturated carbocycles. The predicted octanol–water partition coefficient (Wildman–Crippen LogP) is 3.21. The molecular weight excluding hydrogens is 340 g/mol. The van der Waals surface area contributed by atoms with Gasteiger partial charge in [-0.1, -0.05) is 30.3 Å². The summed E-state index contributed by atoms with van der Waals surface area (Å²) in [7, 11) is 0. The zero-order valence-electron chi connectivity index (χ0n) is 15.8. The molecule has 0 radical (unpaired) electrons. The molecule has 1 heterocycles. The van der Waals surface area contributed by atoms with Crippen molar-refractivity contribution in [2.24, 2.45) is 0 Å². The quantitative estimate of drug-likeness (QED) is 0.697. The summed E-state index contributed by atoms with van der Waals surface area (Å²) in [5, 5.41) is 15.1. The molecule has 27 heavy (non-hydrogen) atoms. The lowest BCUT2D eigenvalue weighted by Crippen LogP contribution is -2.30. The number of benzene rings is 2. The van der Waals surface area contributed by atoms with Crippen LogP contribution in [-0.4, -0.2) is 38.7 Å². The van der Waals surface area contributed by atoms with E-state index in [9.17, 15) is 4.79 Å². The molecule has 1 amide bonds. The lowest BCUT2D eigenvalue weighted by Gasteiger charge is -2.27. The molecule has 0 aliphatic carbocycles. The van der Waals surface area contributed by atoms with Gasteiger partial charge in [0.25, 0.3) is 0 Å². The van der Waals surface area contributed by atoms with Gasteiger partial charge in [-0.25, -0.2) is 0 Å². The first-order chi connectivity index (χ1) is 13.1. The summed E-state index contributed by atoms with van der Waals surface area (Å²) in [6, 6.07) is 17.8. The van der Waals surface area contributed by atoms with Crippen LogP contribution in [0.2, 0.25) is 0 Å². The molecule has 0 aliphatic heterocycles. The maximum atomic E-state index is 12.3. The average molecular weight is 364 g/mol. The molecule has 1 aromatic heterocycles. The molecule has 0 fully saturated rings. The van der Waals surface area contributed by atoms with Crippen molar-refractivity contribution < 1.29 is 4.79 Å². The van der Waals surface area contributed by atoms with Gasteiger partial charge in [-0.05, 0) is 50.3 Å². The van der Waals surface area contributed by atoms with Crippen LogP contribution in [0.25, 0.3) is 11.4 Å². The number of rotatable bonds is 7. The first kappa shape index (κ1) is 18.6. The highest BCUT2D eigenvalue weighted by Gasteiger charge is 2.11. The summed E-state index contributed by atoms with van der Waals surface area (Å²) < 4.78 is 0. The third kappa shape index (κ3) is 4.69. The van der Waals surface area contributed by atoms with Crippen molar-refractivity contribution in [1.29, 1.82) is 0 Å². The van der Waals surface area contributed by atoms with Crippen LogP contribution in [0.4, 0.5) is 11.4 Å². The summed E-state index contributed by atoms with van der Waals surface area (Å²) >= 11 is 0. The van der Waals surface area contributed by atoms with Gasteiger partial charge in [-0.2, -0.15) is 4.80 Å². The number of anilines is 2. The van der Waals surface area contributed by atoms with Crippen molar-refractivity contribution in [3.05, 3.63) is 54.6 Å². The van der Waals surface area contributed by atoms with Crippen LogP contribution in [0.3, 0.4) is 0 Å². The molecule has 0 aliphatic rings. The van der Waals surface area contributed by atoms with Gasteiger partial charge < -0.3 is 10.2 Å². The maximum Gasteiger partial charge on any atom is 0.248 e. The van der Waals surface area contributed by atoms with Gasteiger partial charge in [-0.15, -0.1) is 10.2 Å². The van der Waals surface area contributed by atoms with Gasteiger partial charge >= 0.3 is 0 Å². The van der Waals surface area contributed by atoms with Gasteiger partial charge in [0.1, 0.15) is 6.54 Å². The Bertz CT molecular complexity index is 873. The molecule has 0 bridgehead atoms. The summed E-state index contributed by atoms with van der Waals surface area (Å²) in [5.41, 5.74) is 2.74. The molecule has 0 unspecified atom stereocenters. The molecule has 0 saturated heterocycles. The number of hydrogen-bond acceptors (Lipinski definition) is 5. The molecule has 0 atom stereocenters. The number of amides is 1. The molecular formula is C20H24N6O. The Morgan fingerprint density at radius 2 is 1.81 bits per heavy atom. The summed E-state index contributed by atoms with van der Waals surface area (Å²) in [6.07, 6.45) is 0. The second-order valence-corrected chi connectivity index (χ2v) is 6.48. The molecule has 3 rings (SSSR count). The number of carbonyl (C=O) groups excluding carboxylic acids is 1. The van der Waals surface area contributed by atoms with E-state index in [1.54, 1.807) is 0 Å². The Hall–Kier alpha value is -3.22. The summed E-state index contributed by atoms with van der Waals surface area (Å²) in [6.45, 7) is 7.40. The maximum absolute atomic E-state index is 12.3. The SMILES string of the molecule is CCN(c1ccc(NC(=O)Cn2nnc(-c3ccccc3)n2)cc1)C(C)C. The lowest BCUT2D eigenvalue weighted by molar-refractivity contribution is -0.117. The Morgan fingerprint density at radius 1 is 1.11 bits per heavy atom. The van der Waals surface area contributed by atoms with Gasteiger partial charge in [0.2, 0.25) is 11.7 Å². The van der Waals surface area contributed by atoms with Crippen LogP contribution in [0.5, 0.6) is 0 Å². The number of nitrogens with zero attached hydrogens (tertiary/aromatic N) is 5. The average Bonchev–Trinajstić information content (AvgIpc) is 3.12. The van der Waals surface area contributed by atoms with Crippen molar-refractivity contribution in [3.63, 3.8) is 0 Å². The monoisotopic (exact) mass is 364 g/mol. The molecule has 7 heteroatoms. The lowest BCUT2D eigenvalue weighted by atomic mass is 10.2. The summed E-state index contributed by atoms with van der Waals surface area (Å²) in [4.78, 5) is 15.8. The van der Waals surface area contributed by atoms with E-state index in [-0.39, 0.29) is 12.5 Å². The van der Waals surface area contributed by atoms with Gasteiger partial charge in [-0.3, -0.25) is 4.79 Å². The fourth-order valence-electron chi connectivity index (χ4n) is 2.92. The minimum absolute atomic E-state index is 0.00860. The largest absolute Gasteiger partial charge is 0.369 e. The van der Waals surface area contributed by atoms with E-state index >= 15 is 0 Å². The topological polar surface area (TPSA) is 75.9 Å². The Morgan fingerprint density at radius 3 is 2.44 bits per heavy atom. The Balaban J connectivity index is 1.60. The van der Waals surface area contributed by atoms with Crippen LogP contribution in [-0.2, 0) is 11.3 Å². The van der Waals surface area contributed by atoms with Crippen LogP contribution in [0.1, 0.15) is 20.8 Å². The first-order valence-corrected chi connectivity index (χ1v) is 9.06. The van der Waals surface area contributed by atoms with E-state index in [0.29, 0.717) is 11.9 Å². The van der Waals surface area contributed by atoms with Crippen molar-refractivity contribution in [3.8, 4) is 11.4 Å². The van der Waals surface area contributed by atoms with E-state index in [1.807, 2.05) is 54.6 Å². The molecule has 1 N–H and O–H groups in total. The minimum Gasteiger partial charge on any atom is -0.369 e. The van der Waals surface area contributed by atoms with Crippen molar-refractivity contribution in [2.75, 3.05) is 16.8 Å². The smallest absolute Gasteiger partial charge is 0.248 e.